The Morgan fingerprint density at radius 1 is 1.53 bits per heavy atom. The SMILES string of the molecule is Clc1cccnc1N1CCCCC1CBr. The molecule has 1 aromatic heterocycles. The van der Waals surface area contributed by atoms with Crippen molar-refractivity contribution >= 4 is 33.3 Å². The lowest BCUT2D eigenvalue weighted by Gasteiger charge is -2.36. The predicted molar refractivity (Wildman–Crippen MR) is 68.0 cm³/mol. The zero-order chi connectivity index (χ0) is 10.7. The molecular weight excluding hydrogens is 275 g/mol. The minimum absolute atomic E-state index is 0.533. The van der Waals surface area contributed by atoms with Gasteiger partial charge in [0.25, 0.3) is 0 Å². The van der Waals surface area contributed by atoms with E-state index in [0.29, 0.717) is 6.04 Å². The Bertz CT molecular complexity index is 332. The Morgan fingerprint density at radius 3 is 3.13 bits per heavy atom. The van der Waals surface area contributed by atoms with Gasteiger partial charge < -0.3 is 4.90 Å². The summed E-state index contributed by atoms with van der Waals surface area (Å²) in [4.78, 5) is 6.69. The maximum atomic E-state index is 6.16. The minimum atomic E-state index is 0.533. The second kappa shape index (κ2) is 5.17. The molecule has 0 radical (unpaired) electrons. The summed E-state index contributed by atoms with van der Waals surface area (Å²) in [6, 6.07) is 4.31. The fourth-order valence-electron chi connectivity index (χ4n) is 2.03. The summed E-state index contributed by atoms with van der Waals surface area (Å²) in [5, 5.41) is 1.74. The van der Waals surface area contributed by atoms with E-state index in [1.54, 1.807) is 6.20 Å². The summed E-state index contributed by atoms with van der Waals surface area (Å²) in [7, 11) is 0. The monoisotopic (exact) mass is 288 g/mol. The molecule has 1 aliphatic rings. The fourth-order valence-corrected chi connectivity index (χ4v) is 2.93. The zero-order valence-corrected chi connectivity index (χ0v) is 10.8. The molecule has 1 unspecified atom stereocenters. The van der Waals surface area contributed by atoms with Gasteiger partial charge in [-0.15, -0.1) is 0 Å². The molecule has 0 spiro atoms. The van der Waals surface area contributed by atoms with Crippen LogP contribution in [0.1, 0.15) is 19.3 Å². The van der Waals surface area contributed by atoms with Gasteiger partial charge in [-0.3, -0.25) is 0 Å². The van der Waals surface area contributed by atoms with Gasteiger partial charge in [0.2, 0.25) is 0 Å². The molecule has 2 nitrogen and oxygen atoms in total. The quantitative estimate of drug-likeness (QED) is 0.775. The predicted octanol–water partition coefficient (Wildman–Crippen LogP) is 3.49. The van der Waals surface area contributed by atoms with Crippen molar-refractivity contribution in [3.8, 4) is 0 Å². The number of hydrogen-bond donors (Lipinski definition) is 0. The molecule has 0 aromatic carbocycles. The summed E-state index contributed by atoms with van der Waals surface area (Å²) in [5.41, 5.74) is 0. The van der Waals surface area contributed by atoms with Crippen LogP contribution in [0.4, 0.5) is 5.82 Å². The highest BCUT2D eigenvalue weighted by Crippen LogP contribution is 2.29. The van der Waals surface area contributed by atoms with Crippen LogP contribution in [0.5, 0.6) is 0 Å². The molecule has 1 aliphatic heterocycles. The molecule has 0 bridgehead atoms. The number of hydrogen-bond acceptors (Lipinski definition) is 2. The molecule has 1 atom stereocenters. The second-order valence-corrected chi connectivity index (χ2v) is 4.86. The number of halogens is 2. The van der Waals surface area contributed by atoms with Crippen molar-refractivity contribution < 1.29 is 0 Å². The third kappa shape index (κ3) is 2.45. The first kappa shape index (κ1) is 11.2. The van der Waals surface area contributed by atoms with Crippen molar-refractivity contribution in [2.45, 2.75) is 25.3 Å². The van der Waals surface area contributed by atoms with Gasteiger partial charge in [0.1, 0.15) is 5.82 Å². The molecule has 2 rings (SSSR count). The van der Waals surface area contributed by atoms with E-state index in [2.05, 4.69) is 25.8 Å². The van der Waals surface area contributed by atoms with Gasteiger partial charge in [-0.2, -0.15) is 0 Å². The van der Waals surface area contributed by atoms with Gasteiger partial charge in [-0.05, 0) is 31.4 Å². The van der Waals surface area contributed by atoms with Crippen molar-refractivity contribution in [1.82, 2.24) is 4.98 Å². The summed E-state index contributed by atoms with van der Waals surface area (Å²) in [6.45, 7) is 1.06. The normalized spacial score (nSPS) is 21.7. The smallest absolute Gasteiger partial charge is 0.147 e. The maximum absolute atomic E-state index is 6.16. The molecule has 82 valence electrons. The highest BCUT2D eigenvalue weighted by Gasteiger charge is 2.23. The van der Waals surface area contributed by atoms with E-state index in [1.165, 1.54) is 19.3 Å². The molecular formula is C11H14BrClN2. The topological polar surface area (TPSA) is 16.1 Å². The third-order valence-corrected chi connectivity index (χ3v) is 3.86. The van der Waals surface area contributed by atoms with Gasteiger partial charge in [0, 0.05) is 24.1 Å². The standard InChI is InChI=1S/C11H14BrClN2/c12-8-9-4-1-2-7-15(9)11-10(13)5-3-6-14-11/h3,5-6,9H,1-2,4,7-8H2. The zero-order valence-electron chi connectivity index (χ0n) is 8.50. The van der Waals surface area contributed by atoms with Crippen molar-refractivity contribution in [3.05, 3.63) is 23.4 Å². The Kier molecular flexibility index (Phi) is 3.87. The molecule has 4 heteroatoms. The van der Waals surface area contributed by atoms with Crippen LogP contribution in [-0.4, -0.2) is 22.9 Å². The van der Waals surface area contributed by atoms with Crippen LogP contribution in [0, 0.1) is 0 Å². The Morgan fingerprint density at radius 2 is 2.40 bits per heavy atom. The number of pyridine rings is 1. The molecule has 0 N–H and O–H groups in total. The molecule has 1 saturated heterocycles. The number of alkyl halides is 1. The molecule has 0 amide bonds. The van der Waals surface area contributed by atoms with Crippen molar-refractivity contribution in [1.29, 1.82) is 0 Å². The van der Waals surface area contributed by atoms with Gasteiger partial charge in [-0.25, -0.2) is 4.98 Å². The molecule has 1 aromatic rings. The maximum Gasteiger partial charge on any atom is 0.147 e. The largest absolute Gasteiger partial charge is 0.352 e. The van der Waals surface area contributed by atoms with Crippen LogP contribution in [-0.2, 0) is 0 Å². The van der Waals surface area contributed by atoms with Crippen molar-refractivity contribution in [2.24, 2.45) is 0 Å². The Balaban J connectivity index is 2.24. The number of piperidine rings is 1. The summed E-state index contributed by atoms with van der Waals surface area (Å²) < 4.78 is 0. The van der Waals surface area contributed by atoms with Gasteiger partial charge in [-0.1, -0.05) is 27.5 Å². The van der Waals surface area contributed by atoms with Gasteiger partial charge in [0.05, 0.1) is 5.02 Å². The lowest BCUT2D eigenvalue weighted by Crippen LogP contribution is -2.41. The molecule has 0 saturated carbocycles. The molecule has 1 fully saturated rings. The number of aromatic nitrogens is 1. The van der Waals surface area contributed by atoms with Gasteiger partial charge >= 0.3 is 0 Å². The molecule has 0 aliphatic carbocycles. The van der Waals surface area contributed by atoms with Crippen LogP contribution in [0.2, 0.25) is 5.02 Å². The first-order valence-corrected chi connectivity index (χ1v) is 6.76. The minimum Gasteiger partial charge on any atom is -0.352 e. The number of anilines is 1. The van der Waals surface area contributed by atoms with Crippen LogP contribution in [0.25, 0.3) is 0 Å². The third-order valence-electron chi connectivity index (χ3n) is 2.82. The van der Waals surface area contributed by atoms with E-state index in [9.17, 15) is 0 Å². The van der Waals surface area contributed by atoms with Gasteiger partial charge in [0.15, 0.2) is 0 Å². The number of rotatable bonds is 2. The average molecular weight is 290 g/mol. The highest BCUT2D eigenvalue weighted by atomic mass is 79.9. The van der Waals surface area contributed by atoms with E-state index in [4.69, 9.17) is 11.6 Å². The lowest BCUT2D eigenvalue weighted by molar-refractivity contribution is 0.488. The van der Waals surface area contributed by atoms with E-state index < -0.39 is 0 Å². The Hall–Kier alpha value is -0.280. The van der Waals surface area contributed by atoms with Crippen molar-refractivity contribution in [3.63, 3.8) is 0 Å². The molecule has 15 heavy (non-hydrogen) atoms. The summed E-state index contributed by atoms with van der Waals surface area (Å²) in [6.07, 6.45) is 5.56. The van der Waals surface area contributed by atoms with Crippen LogP contribution >= 0.6 is 27.5 Å². The van der Waals surface area contributed by atoms with Crippen molar-refractivity contribution in [2.75, 3.05) is 16.8 Å². The summed E-state index contributed by atoms with van der Waals surface area (Å²) >= 11 is 9.72. The van der Waals surface area contributed by atoms with Crippen LogP contribution in [0.3, 0.4) is 0 Å². The second-order valence-electron chi connectivity index (χ2n) is 3.81. The van der Waals surface area contributed by atoms with E-state index >= 15 is 0 Å². The average Bonchev–Trinajstić information content (AvgIpc) is 2.30. The van der Waals surface area contributed by atoms with Crippen LogP contribution in [0.15, 0.2) is 18.3 Å². The lowest BCUT2D eigenvalue weighted by atomic mass is 10.0. The van der Waals surface area contributed by atoms with E-state index in [0.717, 1.165) is 22.7 Å². The Labute approximate surface area is 104 Å². The van der Waals surface area contributed by atoms with E-state index in [1.807, 2.05) is 12.1 Å². The highest BCUT2D eigenvalue weighted by molar-refractivity contribution is 9.09. The summed E-state index contributed by atoms with van der Waals surface area (Å²) in [5.74, 6) is 0.934. The molecule has 2 heterocycles. The number of nitrogens with zero attached hydrogens (tertiary/aromatic N) is 2. The fraction of sp³-hybridized carbons (Fsp3) is 0.545. The van der Waals surface area contributed by atoms with Crippen LogP contribution < -0.4 is 4.90 Å². The van der Waals surface area contributed by atoms with E-state index in [-0.39, 0.29) is 0 Å². The first-order valence-electron chi connectivity index (χ1n) is 5.26. The first-order chi connectivity index (χ1) is 7.33.